The number of carbonyl (C=O) groups is 1. The van der Waals surface area contributed by atoms with Crippen molar-refractivity contribution in [2.75, 3.05) is 11.9 Å². The highest BCUT2D eigenvalue weighted by Crippen LogP contribution is 2.30. The van der Waals surface area contributed by atoms with Crippen molar-refractivity contribution < 1.29 is 9.72 Å². The Kier molecular flexibility index (Phi) is 5.27. The number of thiophene rings is 1. The molecular weight excluding hydrogens is 394 g/mol. The largest absolute Gasteiger partial charge is 0.324 e. The molecular formula is C16H16BrN3O3S. The Morgan fingerprint density at radius 2 is 2.21 bits per heavy atom. The summed E-state index contributed by atoms with van der Waals surface area (Å²) in [5.41, 5.74) is 0.523. The van der Waals surface area contributed by atoms with Gasteiger partial charge in [0, 0.05) is 34.1 Å². The zero-order chi connectivity index (χ0) is 17.1. The molecule has 0 spiro atoms. The highest BCUT2D eigenvalue weighted by molar-refractivity contribution is 9.10. The van der Waals surface area contributed by atoms with Crippen molar-refractivity contribution in [1.82, 2.24) is 4.90 Å². The summed E-state index contributed by atoms with van der Waals surface area (Å²) in [6, 6.07) is 8.87. The van der Waals surface area contributed by atoms with Crippen molar-refractivity contribution in [2.45, 2.75) is 25.4 Å². The number of nitrogens with one attached hydrogen (secondary N) is 1. The van der Waals surface area contributed by atoms with Crippen molar-refractivity contribution in [3.63, 3.8) is 0 Å². The fourth-order valence-electron chi connectivity index (χ4n) is 2.45. The van der Waals surface area contributed by atoms with Gasteiger partial charge >= 0.3 is 0 Å². The van der Waals surface area contributed by atoms with E-state index in [0.29, 0.717) is 22.7 Å². The topological polar surface area (TPSA) is 75.5 Å². The van der Waals surface area contributed by atoms with Crippen molar-refractivity contribution in [2.24, 2.45) is 0 Å². The molecule has 1 aliphatic carbocycles. The number of nitrogens with zero attached hydrogens (tertiary/aromatic N) is 2. The van der Waals surface area contributed by atoms with Crippen LogP contribution >= 0.6 is 27.3 Å². The van der Waals surface area contributed by atoms with Crippen LogP contribution in [0.2, 0.25) is 0 Å². The zero-order valence-electron chi connectivity index (χ0n) is 12.8. The molecule has 1 aromatic heterocycles. The second kappa shape index (κ2) is 7.42. The average Bonchev–Trinajstić information content (AvgIpc) is 3.26. The summed E-state index contributed by atoms with van der Waals surface area (Å²) < 4.78 is 0.501. The summed E-state index contributed by atoms with van der Waals surface area (Å²) in [6.07, 6.45) is 2.25. The molecule has 0 atom stereocenters. The Balaban J connectivity index is 1.62. The molecule has 8 heteroatoms. The Labute approximate surface area is 151 Å². The highest BCUT2D eigenvalue weighted by atomic mass is 79.9. The number of hydrogen-bond donors (Lipinski definition) is 1. The van der Waals surface area contributed by atoms with Crippen LogP contribution in [0.5, 0.6) is 0 Å². The monoisotopic (exact) mass is 409 g/mol. The normalized spacial score (nSPS) is 13.9. The molecule has 1 fully saturated rings. The van der Waals surface area contributed by atoms with Gasteiger partial charge in [-0.1, -0.05) is 6.07 Å². The lowest BCUT2D eigenvalue weighted by atomic mass is 10.3. The molecule has 2 aromatic rings. The molecule has 1 aliphatic rings. The average molecular weight is 410 g/mol. The molecule has 1 saturated carbocycles. The Hall–Kier alpha value is -1.77. The van der Waals surface area contributed by atoms with Crippen molar-refractivity contribution in [3.8, 4) is 0 Å². The maximum absolute atomic E-state index is 12.4. The molecule has 1 aromatic carbocycles. The number of hydrogen-bond acceptors (Lipinski definition) is 5. The lowest BCUT2D eigenvalue weighted by molar-refractivity contribution is -0.384. The first-order valence-electron chi connectivity index (χ1n) is 7.53. The number of rotatable bonds is 7. The van der Waals surface area contributed by atoms with Crippen molar-refractivity contribution in [1.29, 1.82) is 0 Å². The molecule has 0 bridgehead atoms. The quantitative estimate of drug-likeness (QED) is 0.553. The van der Waals surface area contributed by atoms with Gasteiger partial charge in [0.15, 0.2) is 0 Å². The molecule has 1 N–H and O–H groups in total. The van der Waals surface area contributed by atoms with Crippen molar-refractivity contribution in [3.05, 3.63) is 55.2 Å². The van der Waals surface area contributed by atoms with Crippen LogP contribution < -0.4 is 5.32 Å². The third-order valence-electron chi connectivity index (χ3n) is 3.79. The van der Waals surface area contributed by atoms with Crippen molar-refractivity contribution >= 4 is 44.5 Å². The number of carbonyl (C=O) groups excluding carboxylic acids is 1. The minimum atomic E-state index is -0.466. The summed E-state index contributed by atoms with van der Waals surface area (Å²) in [5.74, 6) is -0.118. The molecule has 0 unspecified atom stereocenters. The summed E-state index contributed by atoms with van der Waals surface area (Å²) in [4.78, 5) is 26.1. The minimum absolute atomic E-state index is 0.0165. The molecule has 24 heavy (non-hydrogen) atoms. The van der Waals surface area contributed by atoms with E-state index in [1.807, 2.05) is 11.4 Å². The van der Waals surface area contributed by atoms with Gasteiger partial charge in [-0.2, -0.15) is 0 Å². The Bertz CT molecular complexity index is 747. The second-order valence-electron chi connectivity index (χ2n) is 5.68. The first-order chi connectivity index (χ1) is 11.5. The van der Waals surface area contributed by atoms with Gasteiger partial charge in [-0.05, 0) is 46.3 Å². The highest BCUT2D eigenvalue weighted by Gasteiger charge is 2.30. The van der Waals surface area contributed by atoms with Gasteiger partial charge in [0.05, 0.1) is 17.2 Å². The van der Waals surface area contributed by atoms with Gasteiger partial charge in [-0.3, -0.25) is 19.8 Å². The van der Waals surface area contributed by atoms with E-state index in [4.69, 9.17) is 0 Å². The molecule has 1 amide bonds. The number of halogens is 1. The van der Waals surface area contributed by atoms with Crippen LogP contribution in [0.4, 0.5) is 11.4 Å². The molecule has 126 valence electrons. The van der Waals surface area contributed by atoms with Gasteiger partial charge in [0.1, 0.15) is 0 Å². The number of nitro benzene ring substituents is 1. The van der Waals surface area contributed by atoms with Gasteiger partial charge in [0.2, 0.25) is 5.91 Å². The number of amides is 1. The number of anilines is 1. The van der Waals surface area contributed by atoms with E-state index >= 15 is 0 Å². The molecule has 0 aliphatic heterocycles. The predicted octanol–water partition coefficient (Wildman–Crippen LogP) is 4.02. The summed E-state index contributed by atoms with van der Waals surface area (Å²) in [6.45, 7) is 1.09. The smallest absolute Gasteiger partial charge is 0.270 e. The number of non-ortho nitro benzene ring substituents is 1. The first kappa shape index (κ1) is 17.1. The van der Waals surface area contributed by atoms with E-state index in [1.165, 1.54) is 17.0 Å². The van der Waals surface area contributed by atoms with Crippen LogP contribution in [0, 0.1) is 10.1 Å². The molecule has 0 saturated heterocycles. The van der Waals surface area contributed by atoms with Crippen LogP contribution in [0.15, 0.2) is 40.2 Å². The fraction of sp³-hybridized carbons (Fsp3) is 0.312. The summed E-state index contributed by atoms with van der Waals surface area (Å²) in [5, 5.41) is 15.6. The lowest BCUT2D eigenvalue weighted by Gasteiger charge is -2.20. The van der Waals surface area contributed by atoms with Gasteiger partial charge in [-0.25, -0.2) is 0 Å². The van der Waals surface area contributed by atoms with Crippen LogP contribution in [0.25, 0.3) is 0 Å². The molecule has 3 rings (SSSR count). The third-order valence-corrected chi connectivity index (χ3v) is 5.30. The standard InChI is InChI=1S/C16H16BrN3O3S/c17-14-8-12(20(22)23)5-6-15(14)18-16(21)10-19(11-3-4-11)9-13-2-1-7-24-13/h1-2,5-8,11H,3-4,9-10H2,(H,18,21). The fourth-order valence-corrected chi connectivity index (χ4v) is 3.64. The van der Waals surface area contributed by atoms with E-state index in [2.05, 4.69) is 32.2 Å². The maximum atomic E-state index is 12.4. The van der Waals surface area contributed by atoms with E-state index < -0.39 is 4.92 Å². The Morgan fingerprint density at radius 3 is 2.79 bits per heavy atom. The zero-order valence-corrected chi connectivity index (χ0v) is 15.2. The molecule has 0 radical (unpaired) electrons. The van der Waals surface area contributed by atoms with E-state index in [0.717, 1.165) is 19.4 Å². The van der Waals surface area contributed by atoms with E-state index in [1.54, 1.807) is 17.4 Å². The second-order valence-corrected chi connectivity index (χ2v) is 7.57. The molecule has 1 heterocycles. The van der Waals surface area contributed by atoms with E-state index in [-0.39, 0.29) is 11.6 Å². The van der Waals surface area contributed by atoms with Gasteiger partial charge in [-0.15, -0.1) is 11.3 Å². The lowest BCUT2D eigenvalue weighted by Crippen LogP contribution is -2.34. The van der Waals surface area contributed by atoms with Gasteiger partial charge in [0.25, 0.3) is 5.69 Å². The summed E-state index contributed by atoms with van der Waals surface area (Å²) in [7, 11) is 0. The van der Waals surface area contributed by atoms with E-state index in [9.17, 15) is 14.9 Å². The SMILES string of the molecule is O=C(CN(Cc1cccs1)C1CC1)Nc1ccc([N+](=O)[O-])cc1Br. The van der Waals surface area contributed by atoms with Gasteiger partial charge < -0.3 is 5.32 Å². The summed E-state index contributed by atoms with van der Waals surface area (Å²) >= 11 is 4.96. The van der Waals surface area contributed by atoms with Crippen LogP contribution in [0.1, 0.15) is 17.7 Å². The number of nitro groups is 1. The predicted molar refractivity (Wildman–Crippen MR) is 97.2 cm³/mol. The number of benzene rings is 1. The first-order valence-corrected chi connectivity index (χ1v) is 9.20. The third kappa shape index (κ3) is 4.40. The maximum Gasteiger partial charge on any atom is 0.270 e. The molecule has 6 nitrogen and oxygen atoms in total. The van der Waals surface area contributed by atoms with Crippen LogP contribution in [0.3, 0.4) is 0 Å². The van der Waals surface area contributed by atoms with Crippen LogP contribution in [-0.2, 0) is 11.3 Å². The Morgan fingerprint density at radius 1 is 1.42 bits per heavy atom. The van der Waals surface area contributed by atoms with Crippen LogP contribution in [-0.4, -0.2) is 28.3 Å². The minimum Gasteiger partial charge on any atom is -0.324 e.